The lowest BCUT2D eigenvalue weighted by molar-refractivity contribution is 0.0488. The SMILES string of the molecule is CCOC(=O)c1ccc(OCC2CCOCC2)nc1. The molecular formula is C14H19NO4. The molecule has 0 aliphatic carbocycles. The third-order valence-electron chi connectivity index (χ3n) is 3.06. The highest BCUT2D eigenvalue weighted by Crippen LogP contribution is 2.16. The van der Waals surface area contributed by atoms with Crippen LogP contribution in [0.5, 0.6) is 5.88 Å². The number of pyridine rings is 1. The zero-order chi connectivity index (χ0) is 13.5. The van der Waals surface area contributed by atoms with E-state index in [1.807, 2.05) is 0 Å². The molecule has 1 aliphatic heterocycles. The number of carbonyl (C=O) groups is 1. The number of aromatic nitrogens is 1. The van der Waals surface area contributed by atoms with Crippen LogP contribution in [0.2, 0.25) is 0 Å². The van der Waals surface area contributed by atoms with Gasteiger partial charge in [0.05, 0.1) is 18.8 Å². The Labute approximate surface area is 112 Å². The van der Waals surface area contributed by atoms with Crippen molar-refractivity contribution in [3.8, 4) is 5.88 Å². The Kier molecular flexibility index (Phi) is 5.15. The number of carbonyl (C=O) groups excluding carboxylic acids is 1. The minimum Gasteiger partial charge on any atom is -0.477 e. The first kappa shape index (κ1) is 13.8. The van der Waals surface area contributed by atoms with E-state index < -0.39 is 0 Å². The largest absolute Gasteiger partial charge is 0.477 e. The Morgan fingerprint density at radius 1 is 1.42 bits per heavy atom. The molecule has 19 heavy (non-hydrogen) atoms. The van der Waals surface area contributed by atoms with E-state index in [2.05, 4.69) is 4.98 Å². The average molecular weight is 265 g/mol. The van der Waals surface area contributed by atoms with Crippen LogP contribution in [0.4, 0.5) is 0 Å². The number of hydrogen-bond donors (Lipinski definition) is 0. The monoisotopic (exact) mass is 265 g/mol. The molecule has 2 heterocycles. The van der Waals surface area contributed by atoms with Crippen molar-refractivity contribution in [3.05, 3.63) is 23.9 Å². The molecule has 2 rings (SSSR count). The fourth-order valence-corrected chi connectivity index (χ4v) is 1.92. The second kappa shape index (κ2) is 7.09. The highest BCUT2D eigenvalue weighted by Gasteiger charge is 2.14. The molecule has 1 saturated heterocycles. The molecule has 0 bridgehead atoms. The van der Waals surface area contributed by atoms with Crippen LogP contribution in [0.1, 0.15) is 30.1 Å². The van der Waals surface area contributed by atoms with E-state index in [9.17, 15) is 4.79 Å². The van der Waals surface area contributed by atoms with Gasteiger partial charge in [0.2, 0.25) is 5.88 Å². The molecule has 0 amide bonds. The van der Waals surface area contributed by atoms with Crippen LogP contribution in [-0.2, 0) is 9.47 Å². The summed E-state index contributed by atoms with van der Waals surface area (Å²) in [4.78, 5) is 15.6. The van der Waals surface area contributed by atoms with Crippen molar-refractivity contribution < 1.29 is 19.0 Å². The first-order valence-corrected chi connectivity index (χ1v) is 6.63. The summed E-state index contributed by atoms with van der Waals surface area (Å²) in [6, 6.07) is 3.37. The topological polar surface area (TPSA) is 57.7 Å². The third kappa shape index (κ3) is 4.21. The van der Waals surface area contributed by atoms with Gasteiger partial charge in [-0.05, 0) is 31.7 Å². The molecule has 0 unspecified atom stereocenters. The van der Waals surface area contributed by atoms with Crippen molar-refractivity contribution in [1.82, 2.24) is 4.98 Å². The second-order valence-corrected chi connectivity index (χ2v) is 4.47. The van der Waals surface area contributed by atoms with Crippen LogP contribution in [0.3, 0.4) is 0 Å². The molecule has 104 valence electrons. The Morgan fingerprint density at radius 3 is 2.84 bits per heavy atom. The van der Waals surface area contributed by atoms with Gasteiger partial charge in [-0.2, -0.15) is 0 Å². The van der Waals surface area contributed by atoms with Crippen LogP contribution in [0, 0.1) is 5.92 Å². The summed E-state index contributed by atoms with van der Waals surface area (Å²) in [7, 11) is 0. The molecule has 1 aliphatic rings. The smallest absolute Gasteiger partial charge is 0.339 e. The Bertz CT molecular complexity index is 398. The fraction of sp³-hybridized carbons (Fsp3) is 0.571. The highest BCUT2D eigenvalue weighted by atomic mass is 16.5. The molecule has 5 nitrogen and oxygen atoms in total. The summed E-state index contributed by atoms with van der Waals surface area (Å²) in [5, 5.41) is 0. The molecule has 1 aromatic heterocycles. The average Bonchev–Trinajstić information content (AvgIpc) is 2.47. The van der Waals surface area contributed by atoms with E-state index in [1.165, 1.54) is 6.20 Å². The number of ether oxygens (including phenoxy) is 3. The molecule has 1 aromatic rings. The number of nitrogens with zero attached hydrogens (tertiary/aromatic N) is 1. The van der Waals surface area contributed by atoms with Gasteiger partial charge in [0.15, 0.2) is 0 Å². The van der Waals surface area contributed by atoms with Crippen LogP contribution >= 0.6 is 0 Å². The van der Waals surface area contributed by atoms with Gasteiger partial charge in [-0.1, -0.05) is 0 Å². The van der Waals surface area contributed by atoms with Gasteiger partial charge in [0.25, 0.3) is 0 Å². The predicted octanol–water partition coefficient (Wildman–Crippen LogP) is 2.06. The minimum absolute atomic E-state index is 0.356. The van der Waals surface area contributed by atoms with Gasteiger partial charge < -0.3 is 14.2 Å². The maximum absolute atomic E-state index is 11.4. The van der Waals surface area contributed by atoms with Gasteiger partial charge in [0.1, 0.15) is 0 Å². The molecule has 0 saturated carbocycles. The quantitative estimate of drug-likeness (QED) is 0.763. The maximum atomic E-state index is 11.4. The Balaban J connectivity index is 1.82. The van der Waals surface area contributed by atoms with Crippen molar-refractivity contribution in [2.45, 2.75) is 19.8 Å². The summed E-state index contributed by atoms with van der Waals surface area (Å²) < 4.78 is 15.8. The van der Waals surface area contributed by atoms with Crippen LogP contribution < -0.4 is 4.74 Å². The van der Waals surface area contributed by atoms with Crippen molar-refractivity contribution in [2.24, 2.45) is 5.92 Å². The van der Waals surface area contributed by atoms with Crippen molar-refractivity contribution in [1.29, 1.82) is 0 Å². The predicted molar refractivity (Wildman–Crippen MR) is 69.2 cm³/mol. The lowest BCUT2D eigenvalue weighted by atomic mass is 10.0. The summed E-state index contributed by atoms with van der Waals surface area (Å²) in [5.41, 5.74) is 0.445. The molecule has 5 heteroatoms. The first-order valence-electron chi connectivity index (χ1n) is 6.63. The van der Waals surface area contributed by atoms with Crippen molar-refractivity contribution in [3.63, 3.8) is 0 Å². The lowest BCUT2D eigenvalue weighted by Crippen LogP contribution is -2.21. The molecular weight excluding hydrogens is 246 g/mol. The van der Waals surface area contributed by atoms with Gasteiger partial charge in [0, 0.05) is 25.5 Å². The summed E-state index contributed by atoms with van der Waals surface area (Å²) in [6.45, 7) is 4.40. The standard InChI is InChI=1S/C14H19NO4/c1-2-18-14(16)12-3-4-13(15-9-12)19-10-11-5-7-17-8-6-11/h3-4,9,11H,2,5-8,10H2,1H3. The summed E-state index contributed by atoms with van der Waals surface area (Å²) in [6.07, 6.45) is 3.54. The van der Waals surface area contributed by atoms with E-state index in [0.717, 1.165) is 26.1 Å². The van der Waals surface area contributed by atoms with Crippen molar-refractivity contribution >= 4 is 5.97 Å². The minimum atomic E-state index is -0.356. The van der Waals surface area contributed by atoms with Crippen LogP contribution in [0.25, 0.3) is 0 Å². The van der Waals surface area contributed by atoms with Crippen LogP contribution in [-0.4, -0.2) is 37.4 Å². The molecule has 0 aromatic carbocycles. The zero-order valence-electron chi connectivity index (χ0n) is 11.1. The fourth-order valence-electron chi connectivity index (χ4n) is 1.92. The molecule has 1 fully saturated rings. The van der Waals surface area contributed by atoms with Crippen LogP contribution in [0.15, 0.2) is 18.3 Å². The normalized spacial score (nSPS) is 16.1. The summed E-state index contributed by atoms with van der Waals surface area (Å²) >= 11 is 0. The Morgan fingerprint density at radius 2 is 2.21 bits per heavy atom. The third-order valence-corrected chi connectivity index (χ3v) is 3.06. The maximum Gasteiger partial charge on any atom is 0.339 e. The first-order chi connectivity index (χ1) is 9.29. The van der Waals surface area contributed by atoms with E-state index >= 15 is 0 Å². The summed E-state index contributed by atoms with van der Waals surface area (Å²) in [5.74, 6) is 0.714. The molecule has 0 N–H and O–H groups in total. The lowest BCUT2D eigenvalue weighted by Gasteiger charge is -2.21. The number of hydrogen-bond acceptors (Lipinski definition) is 5. The Hall–Kier alpha value is -1.62. The van der Waals surface area contributed by atoms with E-state index in [-0.39, 0.29) is 5.97 Å². The molecule has 0 atom stereocenters. The van der Waals surface area contributed by atoms with E-state index in [4.69, 9.17) is 14.2 Å². The number of esters is 1. The second-order valence-electron chi connectivity index (χ2n) is 4.47. The van der Waals surface area contributed by atoms with E-state index in [0.29, 0.717) is 30.6 Å². The molecule has 0 spiro atoms. The zero-order valence-corrected chi connectivity index (χ0v) is 11.1. The highest BCUT2D eigenvalue weighted by molar-refractivity contribution is 5.89. The molecule has 0 radical (unpaired) electrons. The van der Waals surface area contributed by atoms with Gasteiger partial charge in [-0.25, -0.2) is 9.78 Å². The van der Waals surface area contributed by atoms with E-state index in [1.54, 1.807) is 19.1 Å². The van der Waals surface area contributed by atoms with Gasteiger partial charge in [-0.3, -0.25) is 0 Å². The van der Waals surface area contributed by atoms with Gasteiger partial charge in [-0.15, -0.1) is 0 Å². The van der Waals surface area contributed by atoms with Gasteiger partial charge >= 0.3 is 5.97 Å². The van der Waals surface area contributed by atoms with Crippen molar-refractivity contribution in [2.75, 3.05) is 26.4 Å². The number of rotatable bonds is 5.